The predicted molar refractivity (Wildman–Crippen MR) is 108 cm³/mol. The lowest BCUT2D eigenvalue weighted by atomic mass is 10.0. The maximum Gasteiger partial charge on any atom is 0.267 e. The second-order valence-electron chi connectivity index (χ2n) is 7.07. The van der Waals surface area contributed by atoms with Gasteiger partial charge in [-0.15, -0.1) is 0 Å². The first-order chi connectivity index (χ1) is 13.5. The van der Waals surface area contributed by atoms with E-state index < -0.39 is 5.91 Å². The summed E-state index contributed by atoms with van der Waals surface area (Å²) in [6.45, 7) is 3.61. The van der Waals surface area contributed by atoms with Crippen LogP contribution < -0.4 is 11.1 Å². The molecule has 0 radical (unpaired) electrons. The third kappa shape index (κ3) is 5.41. The molecule has 1 saturated heterocycles. The molecule has 1 fully saturated rings. The molecule has 1 heterocycles. The molecule has 6 nitrogen and oxygen atoms in total. The topological polar surface area (TPSA) is 90.7 Å². The minimum absolute atomic E-state index is 0.106. The fraction of sp³-hybridized carbons (Fsp3) is 0.364. The van der Waals surface area contributed by atoms with Gasteiger partial charge in [0.2, 0.25) is 0 Å². The Balaban J connectivity index is 1.48. The second-order valence-corrected chi connectivity index (χ2v) is 7.07. The SMILES string of the molecule is CC(OCC(=O)C=C(N)C(=O)NCC1CCOC1)c1ccc2ccccc2c1. The molecule has 0 aromatic heterocycles. The summed E-state index contributed by atoms with van der Waals surface area (Å²) in [5.74, 6) is -0.481. The lowest BCUT2D eigenvalue weighted by Gasteiger charge is -2.13. The Bertz CT molecular complexity index is 872. The first-order valence-corrected chi connectivity index (χ1v) is 9.49. The first kappa shape index (κ1) is 20.0. The predicted octanol–water partition coefficient (Wildman–Crippen LogP) is 2.48. The molecule has 2 atom stereocenters. The summed E-state index contributed by atoms with van der Waals surface area (Å²) in [5, 5.41) is 5.01. The average molecular weight is 382 g/mol. The number of amides is 1. The number of ketones is 1. The van der Waals surface area contributed by atoms with Gasteiger partial charge in [0.25, 0.3) is 5.91 Å². The molecule has 3 N–H and O–H groups in total. The van der Waals surface area contributed by atoms with E-state index in [0.29, 0.717) is 19.1 Å². The second kappa shape index (κ2) is 9.48. The number of rotatable bonds is 8. The zero-order valence-corrected chi connectivity index (χ0v) is 16.0. The summed E-state index contributed by atoms with van der Waals surface area (Å²) in [5.41, 5.74) is 6.60. The van der Waals surface area contributed by atoms with Crippen molar-refractivity contribution >= 4 is 22.5 Å². The Morgan fingerprint density at radius 2 is 2.07 bits per heavy atom. The zero-order valence-electron chi connectivity index (χ0n) is 16.0. The van der Waals surface area contributed by atoms with Gasteiger partial charge < -0.3 is 20.5 Å². The van der Waals surface area contributed by atoms with Crippen molar-refractivity contribution < 1.29 is 19.1 Å². The maximum absolute atomic E-state index is 12.1. The standard InChI is InChI=1S/C22H26N2O4/c1-15(18-7-6-17-4-2-3-5-19(17)10-18)28-14-20(25)11-21(23)22(26)24-12-16-8-9-27-13-16/h2-7,10-11,15-16H,8-9,12-14,23H2,1H3,(H,24,26). The van der Waals surface area contributed by atoms with Crippen molar-refractivity contribution in [2.24, 2.45) is 11.7 Å². The Labute approximate surface area is 164 Å². The molecule has 0 bridgehead atoms. The van der Waals surface area contributed by atoms with Crippen LogP contribution in [0, 0.1) is 5.92 Å². The minimum Gasteiger partial charge on any atom is -0.394 e. The smallest absolute Gasteiger partial charge is 0.267 e. The van der Waals surface area contributed by atoms with Gasteiger partial charge in [0.05, 0.1) is 12.7 Å². The van der Waals surface area contributed by atoms with Gasteiger partial charge in [-0.2, -0.15) is 0 Å². The van der Waals surface area contributed by atoms with Crippen molar-refractivity contribution in [1.82, 2.24) is 5.32 Å². The van der Waals surface area contributed by atoms with Crippen molar-refractivity contribution in [3.63, 3.8) is 0 Å². The van der Waals surface area contributed by atoms with Crippen molar-refractivity contribution in [1.29, 1.82) is 0 Å². The molecular formula is C22H26N2O4. The van der Waals surface area contributed by atoms with Gasteiger partial charge in [-0.05, 0) is 35.7 Å². The average Bonchev–Trinajstić information content (AvgIpc) is 3.23. The number of nitrogens with two attached hydrogens (primary N) is 1. The molecule has 0 aliphatic carbocycles. The first-order valence-electron chi connectivity index (χ1n) is 9.49. The van der Waals surface area contributed by atoms with Crippen LogP contribution in [0.2, 0.25) is 0 Å². The van der Waals surface area contributed by atoms with E-state index in [-0.39, 0.29) is 24.2 Å². The number of carbonyl (C=O) groups is 2. The van der Waals surface area contributed by atoms with Crippen LogP contribution in [0.5, 0.6) is 0 Å². The molecule has 2 aromatic carbocycles. The van der Waals surface area contributed by atoms with Crippen LogP contribution in [0.1, 0.15) is 25.0 Å². The largest absolute Gasteiger partial charge is 0.394 e. The van der Waals surface area contributed by atoms with Gasteiger partial charge in [-0.1, -0.05) is 36.4 Å². The summed E-state index contributed by atoms with van der Waals surface area (Å²) in [4.78, 5) is 24.1. The maximum atomic E-state index is 12.1. The van der Waals surface area contributed by atoms with Gasteiger partial charge in [-0.3, -0.25) is 9.59 Å². The van der Waals surface area contributed by atoms with Gasteiger partial charge in [0.1, 0.15) is 12.3 Å². The molecule has 6 heteroatoms. The lowest BCUT2D eigenvalue weighted by Crippen LogP contribution is -2.33. The van der Waals surface area contributed by atoms with Crippen molar-refractivity contribution in [3.05, 3.63) is 59.8 Å². The van der Waals surface area contributed by atoms with Crippen LogP contribution in [0.3, 0.4) is 0 Å². The van der Waals surface area contributed by atoms with E-state index >= 15 is 0 Å². The summed E-state index contributed by atoms with van der Waals surface area (Å²) in [6.07, 6.45) is 1.80. The van der Waals surface area contributed by atoms with E-state index in [1.54, 1.807) is 0 Å². The van der Waals surface area contributed by atoms with Crippen LogP contribution in [-0.2, 0) is 19.1 Å². The molecular weight excluding hydrogens is 356 g/mol. The number of ether oxygens (including phenoxy) is 2. The van der Waals surface area contributed by atoms with Crippen LogP contribution >= 0.6 is 0 Å². The number of hydrogen-bond donors (Lipinski definition) is 2. The van der Waals surface area contributed by atoms with E-state index in [4.69, 9.17) is 15.2 Å². The van der Waals surface area contributed by atoms with Crippen molar-refractivity contribution in [2.75, 3.05) is 26.4 Å². The molecule has 1 amide bonds. The number of fused-ring (bicyclic) bond motifs is 1. The summed E-state index contributed by atoms with van der Waals surface area (Å²) < 4.78 is 10.9. The molecule has 2 unspecified atom stereocenters. The highest BCUT2D eigenvalue weighted by atomic mass is 16.5. The van der Waals surface area contributed by atoms with E-state index in [2.05, 4.69) is 11.4 Å². The molecule has 2 aromatic rings. The van der Waals surface area contributed by atoms with E-state index in [9.17, 15) is 9.59 Å². The van der Waals surface area contributed by atoms with Crippen LogP contribution in [0.15, 0.2) is 54.2 Å². The molecule has 28 heavy (non-hydrogen) atoms. The van der Waals surface area contributed by atoms with Crippen LogP contribution in [0.25, 0.3) is 10.8 Å². The van der Waals surface area contributed by atoms with Gasteiger partial charge >= 0.3 is 0 Å². The third-order valence-electron chi connectivity index (χ3n) is 4.87. The summed E-state index contributed by atoms with van der Waals surface area (Å²) in [6, 6.07) is 14.1. The highest BCUT2D eigenvalue weighted by molar-refractivity contribution is 6.01. The molecule has 0 spiro atoms. The Kier molecular flexibility index (Phi) is 6.79. The van der Waals surface area contributed by atoms with E-state index in [1.165, 1.54) is 0 Å². The number of hydrogen-bond acceptors (Lipinski definition) is 5. The minimum atomic E-state index is -0.442. The van der Waals surface area contributed by atoms with Crippen LogP contribution in [0.4, 0.5) is 0 Å². The van der Waals surface area contributed by atoms with E-state index in [0.717, 1.165) is 35.4 Å². The third-order valence-corrected chi connectivity index (χ3v) is 4.87. The Hall–Kier alpha value is -2.70. The molecule has 1 aliphatic heterocycles. The highest BCUT2D eigenvalue weighted by Gasteiger charge is 2.17. The summed E-state index contributed by atoms with van der Waals surface area (Å²) in [7, 11) is 0. The highest BCUT2D eigenvalue weighted by Crippen LogP contribution is 2.22. The Morgan fingerprint density at radius 1 is 1.29 bits per heavy atom. The van der Waals surface area contributed by atoms with Crippen molar-refractivity contribution in [3.8, 4) is 0 Å². The van der Waals surface area contributed by atoms with Crippen molar-refractivity contribution in [2.45, 2.75) is 19.4 Å². The number of carbonyl (C=O) groups excluding carboxylic acids is 2. The summed E-state index contributed by atoms with van der Waals surface area (Å²) >= 11 is 0. The molecule has 0 saturated carbocycles. The number of benzene rings is 2. The zero-order chi connectivity index (χ0) is 19.9. The Morgan fingerprint density at radius 3 is 2.82 bits per heavy atom. The molecule has 3 rings (SSSR count). The monoisotopic (exact) mass is 382 g/mol. The normalized spacial score (nSPS) is 18.2. The van der Waals surface area contributed by atoms with E-state index in [1.807, 2.05) is 43.3 Å². The van der Waals surface area contributed by atoms with Gasteiger partial charge in [0.15, 0.2) is 5.78 Å². The number of nitrogens with one attached hydrogen (secondary N) is 1. The quantitative estimate of drug-likeness (QED) is 0.685. The van der Waals surface area contributed by atoms with Crippen LogP contribution in [-0.4, -0.2) is 38.1 Å². The fourth-order valence-electron chi connectivity index (χ4n) is 3.13. The lowest BCUT2D eigenvalue weighted by molar-refractivity contribution is -0.122. The van der Waals surface area contributed by atoms with Gasteiger partial charge in [-0.25, -0.2) is 0 Å². The molecule has 1 aliphatic rings. The van der Waals surface area contributed by atoms with Gasteiger partial charge in [0, 0.05) is 25.1 Å². The fourth-order valence-corrected chi connectivity index (χ4v) is 3.13. The molecule has 148 valence electrons.